The van der Waals surface area contributed by atoms with Gasteiger partial charge in [-0.1, -0.05) is 41.4 Å². The smallest absolute Gasteiger partial charge is 0.338 e. The van der Waals surface area contributed by atoms with Crippen LogP contribution in [0.2, 0.25) is 10.0 Å². The highest BCUT2D eigenvalue weighted by molar-refractivity contribution is 6.35. The van der Waals surface area contributed by atoms with Gasteiger partial charge in [0, 0.05) is 17.1 Å². The molecule has 2 amide bonds. The molecule has 0 spiro atoms. The number of ether oxygens (including phenoxy) is 3. The van der Waals surface area contributed by atoms with Gasteiger partial charge in [-0.2, -0.15) is 0 Å². The maximum atomic E-state index is 12.9. The average Bonchev–Trinajstić information content (AvgIpc) is 2.75. The van der Waals surface area contributed by atoms with E-state index in [0.717, 1.165) is 0 Å². The van der Waals surface area contributed by atoms with E-state index in [0.29, 0.717) is 32.8 Å². The van der Waals surface area contributed by atoms with Crippen molar-refractivity contribution in [3.63, 3.8) is 0 Å². The van der Waals surface area contributed by atoms with Gasteiger partial charge in [-0.15, -0.1) is 0 Å². The Morgan fingerprint density at radius 3 is 2.52 bits per heavy atom. The normalized spacial score (nSPS) is 16.1. The Morgan fingerprint density at radius 2 is 1.87 bits per heavy atom. The molecule has 0 saturated heterocycles. The molecule has 0 bridgehead atoms. The number of amides is 2. The Kier molecular flexibility index (Phi) is 7.30. The van der Waals surface area contributed by atoms with Gasteiger partial charge < -0.3 is 19.5 Å². The summed E-state index contributed by atoms with van der Waals surface area (Å²) in [7, 11) is 3.08. The number of hydrogen-bond acceptors (Lipinski definition) is 5. The molecule has 0 fully saturated rings. The number of carbonyl (C=O) groups is 2. The Balaban J connectivity index is 2.07. The first-order chi connectivity index (χ1) is 14.9. The minimum atomic E-state index is -0.830. The van der Waals surface area contributed by atoms with Crippen molar-refractivity contribution in [3.05, 3.63) is 69.3 Å². The fourth-order valence-corrected chi connectivity index (χ4v) is 3.75. The van der Waals surface area contributed by atoms with Gasteiger partial charge in [-0.3, -0.25) is 4.90 Å². The molecule has 2 aromatic rings. The van der Waals surface area contributed by atoms with Crippen molar-refractivity contribution in [1.82, 2.24) is 10.2 Å². The fourth-order valence-electron chi connectivity index (χ4n) is 3.23. The first kappa shape index (κ1) is 22.8. The van der Waals surface area contributed by atoms with Crippen LogP contribution in [0.3, 0.4) is 0 Å². The third-order valence-corrected chi connectivity index (χ3v) is 5.34. The van der Waals surface area contributed by atoms with Gasteiger partial charge >= 0.3 is 12.0 Å². The second kappa shape index (κ2) is 9.94. The molecule has 1 unspecified atom stereocenters. The summed E-state index contributed by atoms with van der Waals surface area (Å²) < 4.78 is 16.5. The number of hydrogen-bond donors (Lipinski definition) is 1. The molecule has 31 heavy (non-hydrogen) atoms. The third-order valence-electron chi connectivity index (χ3n) is 4.78. The number of likely N-dealkylation sites (N-methyl/N-ethyl adjacent to an activating group) is 1. The highest BCUT2D eigenvalue weighted by Crippen LogP contribution is 2.36. The summed E-state index contributed by atoms with van der Waals surface area (Å²) in [5, 5.41) is 3.56. The summed E-state index contributed by atoms with van der Waals surface area (Å²) in [5.74, 6) is 0.422. The number of nitrogens with zero attached hydrogens (tertiary/aromatic N) is 1. The molecule has 0 aliphatic carbocycles. The zero-order valence-corrected chi connectivity index (χ0v) is 18.8. The number of methoxy groups -OCH3 is 1. The third kappa shape index (κ3) is 4.89. The molecule has 0 radical (unpaired) electrons. The van der Waals surface area contributed by atoms with E-state index >= 15 is 0 Å². The van der Waals surface area contributed by atoms with Crippen LogP contribution < -0.4 is 14.8 Å². The van der Waals surface area contributed by atoms with Crippen LogP contribution in [-0.4, -0.2) is 44.3 Å². The number of nitrogens with one attached hydrogen (secondary N) is 1. The monoisotopic (exact) mass is 464 g/mol. The summed E-state index contributed by atoms with van der Waals surface area (Å²) in [5.41, 5.74) is 1.09. The summed E-state index contributed by atoms with van der Waals surface area (Å²) in [4.78, 5) is 27.0. The molecule has 9 heteroatoms. The van der Waals surface area contributed by atoms with Gasteiger partial charge in [0.15, 0.2) is 11.5 Å². The van der Waals surface area contributed by atoms with E-state index in [4.69, 9.17) is 37.4 Å². The van der Waals surface area contributed by atoms with Gasteiger partial charge in [0.1, 0.15) is 6.61 Å². The molecule has 0 saturated carbocycles. The molecule has 0 aromatic heterocycles. The lowest BCUT2D eigenvalue weighted by atomic mass is 9.94. The van der Waals surface area contributed by atoms with Crippen LogP contribution in [0.4, 0.5) is 4.79 Å². The van der Waals surface area contributed by atoms with Crippen LogP contribution in [0, 0.1) is 0 Å². The molecular weight excluding hydrogens is 443 g/mol. The standard InChI is InChI=1S/C22H22Cl2N2O5/c1-4-30-21(27)19-16(12-31-18-8-6-5-7-17(18)29-3)26(2)22(28)25-20(19)14-10-9-13(23)11-15(14)24/h5-11,20H,4,12H2,1-3H3,(H,25,28). The molecular formula is C22H22Cl2N2O5. The first-order valence-electron chi connectivity index (χ1n) is 9.52. The number of para-hydroxylation sites is 2. The predicted octanol–water partition coefficient (Wildman–Crippen LogP) is 4.59. The Bertz CT molecular complexity index is 1020. The van der Waals surface area contributed by atoms with Crippen molar-refractivity contribution in [2.24, 2.45) is 0 Å². The Morgan fingerprint density at radius 1 is 1.16 bits per heavy atom. The summed E-state index contributed by atoms with van der Waals surface area (Å²) >= 11 is 12.4. The summed E-state index contributed by atoms with van der Waals surface area (Å²) in [6, 6.07) is 10.7. The van der Waals surface area contributed by atoms with E-state index < -0.39 is 18.0 Å². The van der Waals surface area contributed by atoms with E-state index in [1.165, 1.54) is 12.0 Å². The Labute approximate surface area is 190 Å². The van der Waals surface area contributed by atoms with E-state index in [-0.39, 0.29) is 18.8 Å². The molecule has 7 nitrogen and oxygen atoms in total. The van der Waals surface area contributed by atoms with Gasteiger partial charge in [0.25, 0.3) is 0 Å². The van der Waals surface area contributed by atoms with Crippen molar-refractivity contribution in [2.45, 2.75) is 13.0 Å². The van der Waals surface area contributed by atoms with Crippen LogP contribution in [0.5, 0.6) is 11.5 Å². The zero-order valence-electron chi connectivity index (χ0n) is 17.3. The van der Waals surface area contributed by atoms with Crippen LogP contribution in [0.15, 0.2) is 53.7 Å². The number of rotatable bonds is 7. The van der Waals surface area contributed by atoms with Crippen LogP contribution in [0.1, 0.15) is 18.5 Å². The van der Waals surface area contributed by atoms with Crippen LogP contribution in [-0.2, 0) is 9.53 Å². The van der Waals surface area contributed by atoms with E-state index in [1.807, 2.05) is 6.07 Å². The fraction of sp³-hybridized carbons (Fsp3) is 0.273. The number of carbonyl (C=O) groups excluding carboxylic acids is 2. The molecule has 1 aliphatic rings. The SMILES string of the molecule is CCOC(=O)C1=C(COc2ccccc2OC)N(C)C(=O)NC1c1ccc(Cl)cc1Cl. The van der Waals surface area contributed by atoms with Crippen LogP contribution in [0.25, 0.3) is 0 Å². The van der Waals surface area contributed by atoms with Crippen molar-refractivity contribution >= 4 is 35.2 Å². The van der Waals surface area contributed by atoms with Gasteiger partial charge in [0.05, 0.1) is 31.0 Å². The van der Waals surface area contributed by atoms with Gasteiger partial charge in [-0.05, 0) is 36.8 Å². The summed E-state index contributed by atoms with van der Waals surface area (Å²) in [6.07, 6.45) is 0. The van der Waals surface area contributed by atoms with Crippen molar-refractivity contribution in [2.75, 3.05) is 27.4 Å². The van der Waals surface area contributed by atoms with E-state index in [2.05, 4.69) is 5.32 Å². The van der Waals surface area contributed by atoms with E-state index in [1.54, 1.807) is 50.4 Å². The number of halogens is 2. The molecule has 1 heterocycles. The lowest BCUT2D eigenvalue weighted by molar-refractivity contribution is -0.139. The minimum Gasteiger partial charge on any atom is -0.493 e. The first-order valence-corrected chi connectivity index (χ1v) is 10.3. The lowest BCUT2D eigenvalue weighted by Crippen LogP contribution is -2.48. The summed E-state index contributed by atoms with van der Waals surface area (Å²) in [6.45, 7) is 1.81. The zero-order chi connectivity index (χ0) is 22.5. The second-order valence-electron chi connectivity index (χ2n) is 6.63. The lowest BCUT2D eigenvalue weighted by Gasteiger charge is -2.34. The highest BCUT2D eigenvalue weighted by atomic mass is 35.5. The second-order valence-corrected chi connectivity index (χ2v) is 7.47. The number of benzene rings is 2. The molecule has 164 valence electrons. The quantitative estimate of drug-likeness (QED) is 0.606. The molecule has 1 atom stereocenters. The topological polar surface area (TPSA) is 77.1 Å². The van der Waals surface area contributed by atoms with Crippen LogP contribution >= 0.6 is 23.2 Å². The predicted molar refractivity (Wildman–Crippen MR) is 118 cm³/mol. The number of esters is 1. The largest absolute Gasteiger partial charge is 0.493 e. The minimum absolute atomic E-state index is 0.0693. The van der Waals surface area contributed by atoms with Crippen molar-refractivity contribution in [3.8, 4) is 11.5 Å². The van der Waals surface area contributed by atoms with E-state index in [9.17, 15) is 9.59 Å². The van der Waals surface area contributed by atoms with Crippen molar-refractivity contribution in [1.29, 1.82) is 0 Å². The molecule has 2 aromatic carbocycles. The molecule has 1 N–H and O–H groups in total. The highest BCUT2D eigenvalue weighted by Gasteiger charge is 2.38. The Hall–Kier alpha value is -2.90. The van der Waals surface area contributed by atoms with Crippen molar-refractivity contribution < 1.29 is 23.8 Å². The molecule has 1 aliphatic heterocycles. The average molecular weight is 465 g/mol. The van der Waals surface area contributed by atoms with Gasteiger partial charge in [0.2, 0.25) is 0 Å². The maximum absolute atomic E-state index is 12.9. The number of urea groups is 1. The van der Waals surface area contributed by atoms with Gasteiger partial charge in [-0.25, -0.2) is 9.59 Å². The maximum Gasteiger partial charge on any atom is 0.338 e. The molecule has 3 rings (SSSR count).